The quantitative estimate of drug-likeness (QED) is 0.718. The molecule has 1 amide bonds. The van der Waals surface area contributed by atoms with Gasteiger partial charge < -0.3 is 9.64 Å². The number of hydrogen-bond acceptors (Lipinski definition) is 2. The summed E-state index contributed by atoms with van der Waals surface area (Å²) in [5.41, 5.74) is -0.0502. The van der Waals surface area contributed by atoms with Crippen molar-refractivity contribution in [3.63, 3.8) is 0 Å². The number of halogens is 5. The van der Waals surface area contributed by atoms with Gasteiger partial charge in [0.2, 0.25) is 5.91 Å². The Morgan fingerprint density at radius 2 is 2.00 bits per heavy atom. The molecule has 0 saturated carbocycles. The molecule has 0 saturated heterocycles. The van der Waals surface area contributed by atoms with E-state index < -0.39 is 23.5 Å². The Labute approximate surface area is 152 Å². The van der Waals surface area contributed by atoms with Crippen LogP contribution in [0.2, 0.25) is 5.02 Å². The summed E-state index contributed by atoms with van der Waals surface area (Å²) in [6, 6.07) is 6.15. The predicted molar refractivity (Wildman–Crippen MR) is 89.2 cm³/mol. The maximum absolute atomic E-state index is 13.9. The van der Waals surface area contributed by atoms with Crippen LogP contribution >= 0.6 is 11.6 Å². The van der Waals surface area contributed by atoms with Gasteiger partial charge in [0.25, 0.3) is 0 Å². The molecule has 0 radical (unpaired) electrons. The fraction of sp³-hybridized carbons (Fsp3) is 0.278. The Kier molecular flexibility index (Phi) is 4.84. The van der Waals surface area contributed by atoms with Crippen molar-refractivity contribution in [2.75, 3.05) is 18.6 Å². The fourth-order valence-corrected chi connectivity index (χ4v) is 3.15. The minimum atomic E-state index is -4.61. The molecule has 0 spiro atoms. The number of fused-ring (bicyclic) bond motifs is 1. The van der Waals surface area contributed by atoms with Gasteiger partial charge in [-0.25, -0.2) is 4.39 Å². The molecular formula is C18H14ClF4NO2. The van der Waals surface area contributed by atoms with Gasteiger partial charge in [-0.15, -0.1) is 0 Å². The van der Waals surface area contributed by atoms with Crippen molar-refractivity contribution in [2.24, 2.45) is 0 Å². The molecule has 2 aromatic rings. The lowest BCUT2D eigenvalue weighted by atomic mass is 10.1. The number of carbonyl (C=O) groups excluding carboxylic acids is 1. The number of rotatable bonds is 3. The van der Waals surface area contributed by atoms with Crippen molar-refractivity contribution in [3.05, 3.63) is 57.9 Å². The van der Waals surface area contributed by atoms with Crippen LogP contribution < -0.4 is 9.64 Å². The van der Waals surface area contributed by atoms with Crippen LogP contribution in [0.3, 0.4) is 0 Å². The van der Waals surface area contributed by atoms with E-state index in [1.165, 1.54) is 23.1 Å². The lowest BCUT2D eigenvalue weighted by Gasteiger charge is -2.20. The van der Waals surface area contributed by atoms with Gasteiger partial charge in [-0.3, -0.25) is 4.79 Å². The van der Waals surface area contributed by atoms with Crippen molar-refractivity contribution in [1.82, 2.24) is 0 Å². The molecule has 0 unspecified atom stereocenters. The van der Waals surface area contributed by atoms with Gasteiger partial charge in [-0.1, -0.05) is 17.7 Å². The summed E-state index contributed by atoms with van der Waals surface area (Å²) in [6.45, 7) is 0.230. The van der Waals surface area contributed by atoms with Crippen molar-refractivity contribution in [1.29, 1.82) is 0 Å². The molecule has 3 rings (SSSR count). The Hall–Kier alpha value is -2.28. The SMILES string of the molecule is COc1cc2c(cc1C(F)(F)F)N(C(=O)Cc1ccc(Cl)cc1F)CC2. The van der Waals surface area contributed by atoms with E-state index in [4.69, 9.17) is 16.3 Å². The van der Waals surface area contributed by atoms with Crippen molar-refractivity contribution < 1.29 is 27.1 Å². The van der Waals surface area contributed by atoms with E-state index in [0.717, 1.165) is 19.2 Å². The molecule has 0 aromatic heterocycles. The minimum Gasteiger partial charge on any atom is -0.496 e. The maximum Gasteiger partial charge on any atom is 0.420 e. The number of anilines is 1. The normalized spacial score (nSPS) is 13.7. The van der Waals surface area contributed by atoms with Crippen LogP contribution in [0, 0.1) is 5.82 Å². The van der Waals surface area contributed by atoms with E-state index in [1.807, 2.05) is 0 Å². The highest BCUT2D eigenvalue weighted by molar-refractivity contribution is 6.30. The lowest BCUT2D eigenvalue weighted by molar-refractivity contribution is -0.138. The van der Waals surface area contributed by atoms with Gasteiger partial charge in [0.15, 0.2) is 0 Å². The molecule has 0 atom stereocenters. The molecule has 0 bridgehead atoms. The molecule has 26 heavy (non-hydrogen) atoms. The smallest absolute Gasteiger partial charge is 0.420 e. The molecule has 1 aliphatic heterocycles. The zero-order valence-electron chi connectivity index (χ0n) is 13.7. The number of nitrogens with zero attached hydrogens (tertiary/aromatic N) is 1. The first-order valence-corrected chi connectivity index (χ1v) is 8.11. The molecule has 138 valence electrons. The average Bonchev–Trinajstić information content (AvgIpc) is 2.98. The van der Waals surface area contributed by atoms with Gasteiger partial charge >= 0.3 is 6.18 Å². The highest BCUT2D eigenvalue weighted by Crippen LogP contribution is 2.42. The number of carbonyl (C=O) groups is 1. The predicted octanol–water partition coefficient (Wildman–Crippen LogP) is 4.64. The lowest BCUT2D eigenvalue weighted by Crippen LogP contribution is -2.30. The third kappa shape index (κ3) is 3.49. The number of alkyl halides is 3. The second-order valence-electron chi connectivity index (χ2n) is 5.89. The maximum atomic E-state index is 13.9. The topological polar surface area (TPSA) is 29.5 Å². The second-order valence-corrected chi connectivity index (χ2v) is 6.32. The Morgan fingerprint density at radius 3 is 2.62 bits per heavy atom. The van der Waals surface area contributed by atoms with Crippen LogP contribution in [0.1, 0.15) is 16.7 Å². The van der Waals surface area contributed by atoms with Gasteiger partial charge in [0.1, 0.15) is 11.6 Å². The first-order valence-electron chi connectivity index (χ1n) is 7.73. The summed E-state index contributed by atoms with van der Waals surface area (Å²) in [4.78, 5) is 13.8. The zero-order chi connectivity index (χ0) is 19.1. The third-order valence-electron chi connectivity index (χ3n) is 4.26. The van der Waals surface area contributed by atoms with E-state index in [-0.39, 0.29) is 35.0 Å². The summed E-state index contributed by atoms with van der Waals surface area (Å²) in [7, 11) is 1.16. The van der Waals surface area contributed by atoms with Gasteiger partial charge in [-0.2, -0.15) is 13.2 Å². The number of methoxy groups -OCH3 is 1. The Morgan fingerprint density at radius 1 is 1.27 bits per heavy atom. The largest absolute Gasteiger partial charge is 0.496 e. The highest BCUT2D eigenvalue weighted by atomic mass is 35.5. The number of amides is 1. The molecule has 2 aromatic carbocycles. The van der Waals surface area contributed by atoms with Crippen molar-refractivity contribution in [3.8, 4) is 5.75 Å². The first kappa shape index (κ1) is 18.5. The summed E-state index contributed by atoms with van der Waals surface area (Å²) >= 11 is 5.68. The molecule has 0 fully saturated rings. The standard InChI is InChI=1S/C18H14ClF4NO2/c1-26-16-6-11-4-5-24(15(11)9-13(16)18(21,22)23)17(25)7-10-2-3-12(19)8-14(10)20/h2-3,6,8-9H,4-5,7H2,1H3. The summed E-state index contributed by atoms with van der Waals surface area (Å²) in [5, 5.41) is 0.201. The highest BCUT2D eigenvalue weighted by Gasteiger charge is 2.37. The summed E-state index contributed by atoms with van der Waals surface area (Å²) in [5.74, 6) is -1.39. The van der Waals surface area contributed by atoms with Gasteiger partial charge in [-0.05, 0) is 41.8 Å². The number of hydrogen-bond donors (Lipinski definition) is 0. The van der Waals surface area contributed by atoms with Gasteiger partial charge in [0, 0.05) is 17.3 Å². The van der Waals surface area contributed by atoms with E-state index in [9.17, 15) is 22.4 Å². The third-order valence-corrected chi connectivity index (χ3v) is 4.49. The monoisotopic (exact) mass is 387 g/mol. The van der Waals surface area contributed by atoms with Crippen LogP contribution in [0.4, 0.5) is 23.2 Å². The minimum absolute atomic E-state index is 0.136. The first-order chi connectivity index (χ1) is 12.2. The Balaban J connectivity index is 1.92. The van der Waals surface area contributed by atoms with Crippen LogP contribution in [-0.4, -0.2) is 19.6 Å². The molecule has 3 nitrogen and oxygen atoms in total. The molecule has 0 N–H and O–H groups in total. The summed E-state index contributed by atoms with van der Waals surface area (Å²) in [6.07, 6.45) is -4.48. The van der Waals surface area contributed by atoms with Gasteiger partial charge in [0.05, 0.1) is 19.1 Å². The van der Waals surface area contributed by atoms with E-state index in [1.54, 1.807) is 0 Å². The van der Waals surface area contributed by atoms with Crippen molar-refractivity contribution in [2.45, 2.75) is 19.0 Å². The molecular weight excluding hydrogens is 374 g/mol. The second kappa shape index (κ2) is 6.79. The molecule has 1 aliphatic rings. The summed E-state index contributed by atoms with van der Waals surface area (Å²) < 4.78 is 58.4. The molecule has 1 heterocycles. The van der Waals surface area contributed by atoms with Crippen LogP contribution in [-0.2, 0) is 23.8 Å². The Bertz CT molecular complexity index is 867. The molecule has 8 heteroatoms. The van der Waals surface area contributed by atoms with Crippen LogP contribution in [0.15, 0.2) is 30.3 Å². The number of ether oxygens (including phenoxy) is 1. The van der Waals surface area contributed by atoms with Crippen molar-refractivity contribution >= 4 is 23.2 Å². The van der Waals surface area contributed by atoms with E-state index in [2.05, 4.69) is 0 Å². The van der Waals surface area contributed by atoms with E-state index in [0.29, 0.717) is 12.0 Å². The fourth-order valence-electron chi connectivity index (χ4n) is 2.99. The zero-order valence-corrected chi connectivity index (χ0v) is 14.4. The average molecular weight is 388 g/mol. The van der Waals surface area contributed by atoms with Crippen LogP contribution in [0.5, 0.6) is 5.75 Å². The molecule has 0 aliphatic carbocycles. The van der Waals surface area contributed by atoms with E-state index >= 15 is 0 Å². The number of benzene rings is 2. The van der Waals surface area contributed by atoms with Crippen LogP contribution in [0.25, 0.3) is 0 Å².